The number of aryl methyl sites for hydroxylation is 1. The summed E-state index contributed by atoms with van der Waals surface area (Å²) < 4.78 is 0. The van der Waals surface area contributed by atoms with Crippen LogP contribution in [0.3, 0.4) is 0 Å². The van der Waals surface area contributed by atoms with Crippen LogP contribution in [-0.2, 0) is 0 Å². The monoisotopic (exact) mass is 217 g/mol. The van der Waals surface area contributed by atoms with Crippen molar-refractivity contribution in [2.24, 2.45) is 0 Å². The third-order valence-electron chi connectivity index (χ3n) is 1.97. The van der Waals surface area contributed by atoms with Crippen molar-refractivity contribution in [1.29, 1.82) is 0 Å². The van der Waals surface area contributed by atoms with Gasteiger partial charge < -0.3 is 0 Å². The summed E-state index contributed by atoms with van der Waals surface area (Å²) >= 11 is 0. The van der Waals surface area contributed by atoms with Crippen molar-refractivity contribution in [2.45, 2.75) is 6.92 Å². The van der Waals surface area contributed by atoms with Crippen molar-refractivity contribution in [3.63, 3.8) is 0 Å². The Morgan fingerprint density at radius 1 is 1.19 bits per heavy atom. The normalized spacial score (nSPS) is 9.81. The molecule has 3 N–H and O–H groups in total. The molecule has 16 heavy (non-hydrogen) atoms. The standard InChI is InChI=1S/C10H11N5O/c1-7-9(11-10(16)15-12-7)14-13-8-5-3-2-4-6-8/h2-6,13H,1H3,(H2,11,14,15,16). The molecule has 0 radical (unpaired) electrons. The van der Waals surface area contributed by atoms with Crippen molar-refractivity contribution in [2.75, 3.05) is 10.9 Å². The van der Waals surface area contributed by atoms with Gasteiger partial charge in [-0.25, -0.2) is 9.89 Å². The van der Waals surface area contributed by atoms with Crippen LogP contribution in [0.2, 0.25) is 0 Å². The van der Waals surface area contributed by atoms with E-state index in [1.54, 1.807) is 6.92 Å². The molecular weight excluding hydrogens is 206 g/mol. The number of aromatic amines is 1. The topological polar surface area (TPSA) is 82.7 Å². The third kappa shape index (κ3) is 2.35. The molecule has 2 aromatic rings. The van der Waals surface area contributed by atoms with Gasteiger partial charge in [0.15, 0.2) is 5.82 Å². The van der Waals surface area contributed by atoms with E-state index < -0.39 is 5.69 Å². The maximum Gasteiger partial charge on any atom is 0.363 e. The van der Waals surface area contributed by atoms with E-state index in [4.69, 9.17) is 0 Å². The van der Waals surface area contributed by atoms with Gasteiger partial charge in [0.05, 0.1) is 5.69 Å². The lowest BCUT2D eigenvalue weighted by Crippen LogP contribution is -2.19. The number of benzene rings is 1. The minimum Gasteiger partial charge on any atom is -0.300 e. The summed E-state index contributed by atoms with van der Waals surface area (Å²) in [7, 11) is 0. The molecule has 0 spiro atoms. The van der Waals surface area contributed by atoms with Crippen molar-refractivity contribution < 1.29 is 0 Å². The van der Waals surface area contributed by atoms with Crippen LogP contribution in [0.15, 0.2) is 35.1 Å². The van der Waals surface area contributed by atoms with E-state index in [1.807, 2.05) is 30.3 Å². The van der Waals surface area contributed by atoms with E-state index in [0.717, 1.165) is 5.69 Å². The molecule has 0 amide bonds. The summed E-state index contributed by atoms with van der Waals surface area (Å²) in [5.41, 5.74) is 6.76. The molecule has 6 nitrogen and oxygen atoms in total. The molecule has 6 heteroatoms. The molecule has 0 aliphatic carbocycles. The average Bonchev–Trinajstić information content (AvgIpc) is 2.32. The first-order valence-corrected chi connectivity index (χ1v) is 4.76. The molecule has 0 bridgehead atoms. The molecule has 0 atom stereocenters. The second-order valence-corrected chi connectivity index (χ2v) is 3.19. The van der Waals surface area contributed by atoms with E-state index in [9.17, 15) is 4.79 Å². The fourth-order valence-electron chi connectivity index (χ4n) is 1.16. The molecular formula is C10H11N5O. The van der Waals surface area contributed by atoms with E-state index in [-0.39, 0.29) is 0 Å². The molecule has 82 valence electrons. The molecule has 1 aromatic heterocycles. The maximum atomic E-state index is 11.0. The van der Waals surface area contributed by atoms with Gasteiger partial charge in [0.1, 0.15) is 5.69 Å². The van der Waals surface area contributed by atoms with Gasteiger partial charge in [0.25, 0.3) is 0 Å². The number of hydrogen-bond donors (Lipinski definition) is 3. The molecule has 0 aliphatic rings. The number of nitrogens with zero attached hydrogens (tertiary/aromatic N) is 2. The number of anilines is 2. The quantitative estimate of drug-likeness (QED) is 0.666. The van der Waals surface area contributed by atoms with Crippen molar-refractivity contribution in [3.8, 4) is 0 Å². The van der Waals surface area contributed by atoms with Crippen LogP contribution in [-0.4, -0.2) is 15.2 Å². The molecule has 0 unspecified atom stereocenters. The number of rotatable bonds is 3. The van der Waals surface area contributed by atoms with Gasteiger partial charge in [0.2, 0.25) is 0 Å². The lowest BCUT2D eigenvalue weighted by atomic mass is 10.3. The Bertz CT molecular complexity index is 522. The van der Waals surface area contributed by atoms with E-state index in [2.05, 4.69) is 26.0 Å². The summed E-state index contributed by atoms with van der Waals surface area (Å²) in [4.78, 5) is 14.7. The highest BCUT2D eigenvalue weighted by molar-refractivity contribution is 5.49. The second-order valence-electron chi connectivity index (χ2n) is 3.19. The number of aromatic nitrogens is 3. The average molecular weight is 217 g/mol. The smallest absolute Gasteiger partial charge is 0.300 e. The highest BCUT2D eigenvalue weighted by atomic mass is 16.1. The van der Waals surface area contributed by atoms with Crippen molar-refractivity contribution in [1.82, 2.24) is 15.2 Å². The molecule has 0 saturated carbocycles. The van der Waals surface area contributed by atoms with Gasteiger partial charge in [-0.2, -0.15) is 10.1 Å². The maximum absolute atomic E-state index is 11.0. The van der Waals surface area contributed by atoms with Crippen LogP contribution in [0.5, 0.6) is 0 Å². The SMILES string of the molecule is Cc1n[nH]c(=O)nc1NNc1ccccc1. The Morgan fingerprint density at radius 2 is 1.94 bits per heavy atom. The van der Waals surface area contributed by atoms with Crippen LogP contribution >= 0.6 is 0 Å². The molecule has 2 rings (SSSR count). The number of hydrazine groups is 1. The van der Waals surface area contributed by atoms with Crippen LogP contribution < -0.4 is 16.5 Å². The van der Waals surface area contributed by atoms with Crippen molar-refractivity contribution in [3.05, 3.63) is 46.5 Å². The summed E-state index contributed by atoms with van der Waals surface area (Å²) in [6, 6.07) is 9.51. The zero-order valence-electron chi connectivity index (χ0n) is 8.69. The lowest BCUT2D eigenvalue weighted by Gasteiger charge is -2.09. The van der Waals surface area contributed by atoms with E-state index in [0.29, 0.717) is 11.5 Å². The van der Waals surface area contributed by atoms with Gasteiger partial charge in [-0.1, -0.05) is 18.2 Å². The Morgan fingerprint density at radius 3 is 2.69 bits per heavy atom. The zero-order chi connectivity index (χ0) is 11.4. The van der Waals surface area contributed by atoms with Gasteiger partial charge in [-0.05, 0) is 19.1 Å². The summed E-state index contributed by atoms with van der Waals surface area (Å²) in [6.07, 6.45) is 0. The number of hydrogen-bond acceptors (Lipinski definition) is 5. The van der Waals surface area contributed by atoms with Gasteiger partial charge >= 0.3 is 5.69 Å². The van der Waals surface area contributed by atoms with Crippen molar-refractivity contribution >= 4 is 11.5 Å². The Labute approximate surface area is 91.7 Å². The second kappa shape index (κ2) is 4.43. The molecule has 1 heterocycles. The zero-order valence-corrected chi connectivity index (χ0v) is 8.69. The fraction of sp³-hybridized carbons (Fsp3) is 0.100. The fourth-order valence-corrected chi connectivity index (χ4v) is 1.16. The van der Waals surface area contributed by atoms with Gasteiger partial charge in [0, 0.05) is 0 Å². The summed E-state index contributed by atoms with van der Waals surface area (Å²) in [5, 5.41) is 6.04. The number of nitrogens with one attached hydrogen (secondary N) is 3. The lowest BCUT2D eigenvalue weighted by molar-refractivity contribution is 0.882. The highest BCUT2D eigenvalue weighted by Crippen LogP contribution is 2.07. The molecule has 1 aromatic carbocycles. The first-order chi connectivity index (χ1) is 7.75. The highest BCUT2D eigenvalue weighted by Gasteiger charge is 2.00. The molecule has 0 saturated heterocycles. The summed E-state index contributed by atoms with van der Waals surface area (Å²) in [6.45, 7) is 1.75. The van der Waals surface area contributed by atoms with Crippen LogP contribution in [0.4, 0.5) is 11.5 Å². The minimum atomic E-state index is -0.483. The van der Waals surface area contributed by atoms with Crippen LogP contribution in [0.25, 0.3) is 0 Å². The minimum absolute atomic E-state index is 0.410. The van der Waals surface area contributed by atoms with Gasteiger partial charge in [-0.15, -0.1) is 0 Å². The van der Waals surface area contributed by atoms with Crippen LogP contribution in [0.1, 0.15) is 5.69 Å². The first kappa shape index (κ1) is 10.2. The number of para-hydroxylation sites is 1. The third-order valence-corrected chi connectivity index (χ3v) is 1.97. The predicted octanol–water partition coefficient (Wildman–Crippen LogP) is 0.912. The molecule has 0 fully saturated rings. The van der Waals surface area contributed by atoms with E-state index >= 15 is 0 Å². The van der Waals surface area contributed by atoms with Gasteiger partial charge in [-0.3, -0.25) is 10.9 Å². The Balaban J connectivity index is 2.10. The number of H-pyrrole nitrogens is 1. The van der Waals surface area contributed by atoms with Crippen LogP contribution in [0, 0.1) is 6.92 Å². The van der Waals surface area contributed by atoms with E-state index in [1.165, 1.54) is 0 Å². The summed E-state index contributed by atoms with van der Waals surface area (Å²) in [5.74, 6) is 0.410. The predicted molar refractivity (Wildman–Crippen MR) is 61.1 cm³/mol. The largest absolute Gasteiger partial charge is 0.363 e. The first-order valence-electron chi connectivity index (χ1n) is 4.76. The Kier molecular flexibility index (Phi) is 2.81. The Hall–Kier alpha value is -2.37. The molecule has 0 aliphatic heterocycles.